The molecule has 1 heterocycles. The van der Waals surface area contributed by atoms with E-state index in [9.17, 15) is 87.0 Å². The molecule has 34 heteroatoms. The molecule has 0 fully saturated rings. The highest BCUT2D eigenvalue weighted by molar-refractivity contribution is 7.86. The molecule has 80 heavy (non-hydrogen) atoms. The first kappa shape index (κ1) is 56.6. The van der Waals surface area contributed by atoms with Crippen LogP contribution in [0.3, 0.4) is 0 Å². The molecule has 8 rings (SSSR count). The van der Waals surface area contributed by atoms with Gasteiger partial charge in [0.1, 0.15) is 44.0 Å². The molecule has 0 radical (unpaired) electrons. The van der Waals surface area contributed by atoms with Gasteiger partial charge in [-0.3, -0.25) is 18.2 Å². The monoisotopic (exact) mass is 1170 g/mol. The summed E-state index contributed by atoms with van der Waals surface area (Å²) in [4.78, 5) is 20.3. The molecule has 0 amide bonds. The molecule has 0 atom stereocenters. The smallest absolute Gasteiger partial charge is 0.338 e. The lowest BCUT2D eigenvalue weighted by molar-refractivity contribution is 0.0686. The molecular weight excluding hydrogens is 1140 g/mol. The summed E-state index contributed by atoms with van der Waals surface area (Å²) >= 11 is 0. The van der Waals surface area contributed by atoms with Crippen LogP contribution in [-0.2, 0) is 40.5 Å². The number of aryl methyl sites for hydroxylation is 2. The maximum absolute atomic E-state index is 12.6. The summed E-state index contributed by atoms with van der Waals surface area (Å²) in [5, 5.41) is 88.9. The van der Waals surface area contributed by atoms with E-state index in [0.29, 0.717) is 17.7 Å². The first-order valence-electron chi connectivity index (χ1n) is 21.7. The molecule has 0 aliphatic rings. The third kappa shape index (κ3) is 11.5. The van der Waals surface area contributed by atoms with Crippen LogP contribution < -0.4 is 4.74 Å². The SMILES string of the molecule is COc1cc(N=Nc2ccc(S(=O)(=O)O)cc2C(=O)O)c(C)cc1N=Nc1c(S(=O)(=O)O)cc2ccc(N=Nc3c(C)nn(-c4ccc5c(O)c(N=Nc6ccc(S(=O)(=O)O)cc6C(=O)O)c(S(=O)(=O)O)cc5c4)c3O)cc2c1O. The molecule has 0 spiro atoms. The molecule has 7 aromatic carbocycles. The Morgan fingerprint density at radius 2 is 1.00 bits per heavy atom. The van der Waals surface area contributed by atoms with Gasteiger partial charge in [-0.05, 0) is 115 Å². The van der Waals surface area contributed by atoms with E-state index in [2.05, 4.69) is 46.0 Å². The lowest BCUT2D eigenvalue weighted by Gasteiger charge is -2.11. The van der Waals surface area contributed by atoms with Gasteiger partial charge >= 0.3 is 11.9 Å². The van der Waals surface area contributed by atoms with E-state index in [4.69, 9.17) is 4.74 Å². The largest absolute Gasteiger partial charge is 0.505 e. The number of carbonyl (C=O) groups is 2. The molecule has 0 aliphatic heterocycles. The number of fused-ring (bicyclic) bond motifs is 2. The Balaban J connectivity index is 1.10. The third-order valence-corrected chi connectivity index (χ3v) is 14.8. The zero-order chi connectivity index (χ0) is 58.6. The second-order valence-corrected chi connectivity index (χ2v) is 22.2. The molecule has 1 aromatic heterocycles. The van der Waals surface area contributed by atoms with Crippen LogP contribution in [-0.4, -0.2) is 106 Å². The molecular formula is C46H34N10O20S4. The minimum absolute atomic E-state index is 0.00470. The number of nitrogens with zero attached hydrogens (tertiary/aromatic N) is 10. The number of methoxy groups -OCH3 is 1. The normalized spacial score (nSPS) is 12.7. The van der Waals surface area contributed by atoms with Crippen molar-refractivity contribution in [1.29, 1.82) is 0 Å². The van der Waals surface area contributed by atoms with Gasteiger partial charge < -0.3 is 30.3 Å². The Bertz CT molecular complexity index is 4600. The van der Waals surface area contributed by atoms with E-state index in [1.165, 1.54) is 69.5 Å². The van der Waals surface area contributed by atoms with Crippen molar-refractivity contribution in [2.45, 2.75) is 33.4 Å². The molecule has 8 aromatic rings. The van der Waals surface area contributed by atoms with Crippen molar-refractivity contribution in [3.05, 3.63) is 119 Å². The number of carboxylic acids is 2. The number of hydrogen-bond acceptors (Lipinski definition) is 23. The Labute approximate surface area is 448 Å². The van der Waals surface area contributed by atoms with Crippen LogP contribution in [0, 0.1) is 13.8 Å². The van der Waals surface area contributed by atoms with Crippen molar-refractivity contribution in [1.82, 2.24) is 9.78 Å². The van der Waals surface area contributed by atoms with Crippen LogP contribution in [0.25, 0.3) is 27.2 Å². The van der Waals surface area contributed by atoms with Crippen LogP contribution in [0.1, 0.15) is 32.0 Å². The molecule has 0 unspecified atom stereocenters. The fourth-order valence-electron chi connectivity index (χ4n) is 7.56. The average molecular weight is 1180 g/mol. The van der Waals surface area contributed by atoms with Crippen LogP contribution in [0.2, 0.25) is 0 Å². The van der Waals surface area contributed by atoms with Crippen molar-refractivity contribution >= 4 is 119 Å². The van der Waals surface area contributed by atoms with Gasteiger partial charge in [-0.15, -0.1) is 30.7 Å². The molecule has 0 saturated carbocycles. The van der Waals surface area contributed by atoms with Crippen LogP contribution in [0.5, 0.6) is 23.1 Å². The summed E-state index contributed by atoms with van der Waals surface area (Å²) in [6.45, 7) is 2.95. The number of azo groups is 4. The molecule has 9 N–H and O–H groups in total. The van der Waals surface area contributed by atoms with E-state index in [1.54, 1.807) is 0 Å². The molecule has 412 valence electrons. The van der Waals surface area contributed by atoms with Crippen molar-refractivity contribution in [3.63, 3.8) is 0 Å². The maximum Gasteiger partial charge on any atom is 0.338 e. The summed E-state index contributed by atoms with van der Waals surface area (Å²) in [5.74, 6) is -5.67. The predicted octanol–water partition coefficient (Wildman–Crippen LogP) is 9.97. The number of aromatic nitrogens is 2. The number of phenols is 2. The number of rotatable bonds is 16. The van der Waals surface area contributed by atoms with E-state index >= 15 is 0 Å². The quantitative estimate of drug-likeness (QED) is 0.0321. The number of aromatic hydroxyl groups is 3. The van der Waals surface area contributed by atoms with Crippen LogP contribution in [0.4, 0.5) is 45.5 Å². The predicted molar refractivity (Wildman–Crippen MR) is 275 cm³/mol. The van der Waals surface area contributed by atoms with Crippen molar-refractivity contribution in [2.24, 2.45) is 40.9 Å². The first-order chi connectivity index (χ1) is 37.3. The Kier molecular flexibility index (Phi) is 14.9. The van der Waals surface area contributed by atoms with Crippen molar-refractivity contribution in [3.8, 4) is 28.8 Å². The van der Waals surface area contributed by atoms with Crippen LogP contribution >= 0.6 is 0 Å². The Morgan fingerprint density at radius 3 is 1.52 bits per heavy atom. The minimum Gasteiger partial charge on any atom is -0.505 e. The number of ether oxygens (including phenoxy) is 1. The summed E-state index contributed by atoms with van der Waals surface area (Å²) in [6, 6.07) is 17.0. The standard InChI is InChI=1S/C46H34N10O20S4/c1-20-12-35(36(76-3)19-34(20)50-48-32-10-7-26(77(64,65)66)17-30(32)45(60)61)51-54-41-37(79(70,71)72)14-22-4-5-24(16-29(22)43(41)58)47-52-39-21(2)55-56(44(39)59)25-6-9-28-23(13-25)15-38(80(73,74)75)40(42(28)57)53-49-33-11-8-27(78(67,68)69)18-31(33)46(62)63/h4-19,57-59H,1-3H3,(H,60,61)(H,62,63)(H,64,65,66)(H,67,68,69)(H,70,71,72)(H,73,74,75). The van der Waals surface area contributed by atoms with Gasteiger partial charge in [-0.2, -0.15) is 53.7 Å². The summed E-state index contributed by atoms with van der Waals surface area (Å²) < 4.78 is 142. The lowest BCUT2D eigenvalue weighted by atomic mass is 10.1. The minimum atomic E-state index is -5.23. The van der Waals surface area contributed by atoms with E-state index in [0.717, 1.165) is 41.1 Å². The first-order valence-corrected chi connectivity index (χ1v) is 27.5. The Hall–Kier alpha value is -9.55. The van der Waals surface area contributed by atoms with Gasteiger partial charge in [-0.1, -0.05) is 6.07 Å². The summed E-state index contributed by atoms with van der Waals surface area (Å²) in [5.41, 5.74) is -3.62. The number of benzene rings is 7. The number of hydrogen-bond donors (Lipinski definition) is 9. The second kappa shape index (κ2) is 21.0. The molecule has 0 aliphatic carbocycles. The molecule has 0 bridgehead atoms. The Morgan fingerprint density at radius 1 is 0.500 bits per heavy atom. The van der Waals surface area contributed by atoms with Crippen LogP contribution in [0.15, 0.2) is 158 Å². The highest BCUT2D eigenvalue weighted by Crippen LogP contribution is 2.46. The number of carboxylic acid groups (broad SMARTS) is 2. The summed E-state index contributed by atoms with van der Waals surface area (Å²) in [6.07, 6.45) is 0. The van der Waals surface area contributed by atoms with Gasteiger partial charge in [0.25, 0.3) is 40.5 Å². The van der Waals surface area contributed by atoms with E-state index in [1.807, 2.05) is 0 Å². The van der Waals surface area contributed by atoms with Crippen molar-refractivity contribution in [2.75, 3.05) is 7.11 Å². The molecule has 30 nitrogen and oxygen atoms in total. The maximum atomic E-state index is 12.6. The van der Waals surface area contributed by atoms with Gasteiger partial charge in [0, 0.05) is 16.8 Å². The van der Waals surface area contributed by atoms with Gasteiger partial charge in [0.15, 0.2) is 17.2 Å². The van der Waals surface area contributed by atoms with Gasteiger partial charge in [0.05, 0.1) is 50.8 Å². The third-order valence-electron chi connectivity index (χ3n) is 11.4. The van der Waals surface area contributed by atoms with Gasteiger partial charge in [-0.25, -0.2) is 9.59 Å². The number of aromatic carboxylic acids is 2. The average Bonchev–Trinajstić information content (AvgIpc) is 3.72. The highest BCUT2D eigenvalue weighted by Gasteiger charge is 2.26. The highest BCUT2D eigenvalue weighted by atomic mass is 32.2. The second-order valence-electron chi connectivity index (χ2n) is 16.6. The lowest BCUT2D eigenvalue weighted by Crippen LogP contribution is -2.03. The van der Waals surface area contributed by atoms with E-state index in [-0.39, 0.29) is 67.1 Å². The summed E-state index contributed by atoms with van der Waals surface area (Å²) in [7, 11) is -18.7. The fourth-order valence-corrected chi connectivity index (χ4v) is 9.88. The zero-order valence-corrected chi connectivity index (χ0v) is 43.6. The topological polar surface area (TPSA) is 479 Å². The zero-order valence-electron chi connectivity index (χ0n) is 40.4. The van der Waals surface area contributed by atoms with Gasteiger partial charge in [0.2, 0.25) is 5.88 Å². The van der Waals surface area contributed by atoms with Crippen molar-refractivity contribution < 1.29 is 91.7 Å². The van der Waals surface area contributed by atoms with E-state index < -0.39 is 118 Å². The molecule has 0 saturated heterocycles. The fraction of sp³-hybridized carbons (Fsp3) is 0.0652. The number of phenolic OH excluding ortho intramolecular Hbond substituents is 2.